The van der Waals surface area contributed by atoms with Gasteiger partial charge in [-0.3, -0.25) is 9.10 Å². The van der Waals surface area contributed by atoms with E-state index < -0.39 is 10.0 Å². The number of carbonyl (C=O) groups is 1. The first kappa shape index (κ1) is 22.9. The maximum atomic E-state index is 12.3. The molecule has 0 heterocycles. The van der Waals surface area contributed by atoms with Crippen LogP contribution in [0, 0.1) is 0 Å². The number of thioether (sulfide) groups is 1. The summed E-state index contributed by atoms with van der Waals surface area (Å²) in [4.78, 5) is 12.3. The molecule has 29 heavy (non-hydrogen) atoms. The van der Waals surface area contributed by atoms with Crippen molar-refractivity contribution in [2.45, 2.75) is 5.75 Å². The van der Waals surface area contributed by atoms with Gasteiger partial charge in [0.25, 0.3) is 0 Å². The number of ether oxygens (including phenoxy) is 2. The monoisotopic (exact) mass is 438 g/mol. The van der Waals surface area contributed by atoms with E-state index in [1.807, 2.05) is 18.2 Å². The van der Waals surface area contributed by atoms with Gasteiger partial charge in [0.05, 0.1) is 26.2 Å². The van der Waals surface area contributed by atoms with Crippen molar-refractivity contribution in [3.63, 3.8) is 0 Å². The molecule has 9 heteroatoms. The lowest BCUT2D eigenvalue weighted by Gasteiger charge is -2.24. The summed E-state index contributed by atoms with van der Waals surface area (Å²) in [6.07, 6.45) is 1.06. The molecule has 0 atom stereocenters. The number of sulfonamides is 1. The Balaban J connectivity index is 1.94. The van der Waals surface area contributed by atoms with Crippen molar-refractivity contribution < 1.29 is 22.7 Å². The van der Waals surface area contributed by atoms with E-state index >= 15 is 0 Å². The van der Waals surface area contributed by atoms with E-state index in [0.717, 1.165) is 22.1 Å². The first-order valence-electron chi connectivity index (χ1n) is 8.93. The Hall–Kier alpha value is -2.39. The summed E-state index contributed by atoms with van der Waals surface area (Å²) < 4.78 is 36.0. The summed E-state index contributed by atoms with van der Waals surface area (Å²) in [7, 11) is -0.751. The van der Waals surface area contributed by atoms with Crippen molar-refractivity contribution in [1.29, 1.82) is 0 Å². The van der Waals surface area contributed by atoms with Gasteiger partial charge in [-0.1, -0.05) is 30.3 Å². The molecule has 0 unspecified atom stereocenters. The number of rotatable bonds is 11. The van der Waals surface area contributed by atoms with Gasteiger partial charge in [-0.2, -0.15) is 11.8 Å². The lowest BCUT2D eigenvalue weighted by Crippen LogP contribution is -2.41. The average Bonchev–Trinajstić information content (AvgIpc) is 2.71. The van der Waals surface area contributed by atoms with Crippen LogP contribution in [0.2, 0.25) is 0 Å². The van der Waals surface area contributed by atoms with Crippen LogP contribution in [0.3, 0.4) is 0 Å². The Morgan fingerprint density at radius 2 is 1.83 bits per heavy atom. The number of amides is 1. The molecule has 0 saturated heterocycles. The second kappa shape index (κ2) is 11.0. The Labute approximate surface area is 176 Å². The molecular formula is C20H26N2O5S2. The van der Waals surface area contributed by atoms with Crippen molar-refractivity contribution in [3.05, 3.63) is 54.1 Å². The average molecular weight is 439 g/mol. The van der Waals surface area contributed by atoms with Gasteiger partial charge in [0.1, 0.15) is 18.0 Å². The summed E-state index contributed by atoms with van der Waals surface area (Å²) in [5, 5.41) is 2.77. The van der Waals surface area contributed by atoms with E-state index in [1.54, 1.807) is 30.0 Å². The maximum Gasteiger partial charge on any atom is 0.240 e. The van der Waals surface area contributed by atoms with E-state index in [1.165, 1.54) is 19.8 Å². The molecule has 0 radical (unpaired) electrons. The van der Waals surface area contributed by atoms with Crippen molar-refractivity contribution in [1.82, 2.24) is 5.32 Å². The van der Waals surface area contributed by atoms with E-state index in [0.29, 0.717) is 18.0 Å². The summed E-state index contributed by atoms with van der Waals surface area (Å²) >= 11 is 1.70. The van der Waals surface area contributed by atoms with E-state index in [9.17, 15) is 13.2 Å². The van der Waals surface area contributed by atoms with Gasteiger partial charge >= 0.3 is 0 Å². The third-order valence-electron chi connectivity index (χ3n) is 4.02. The van der Waals surface area contributed by atoms with Crippen molar-refractivity contribution in [2.75, 3.05) is 43.6 Å². The SMILES string of the molecule is COc1ccc(N(CC(=O)NCCSCc2ccccc2)S(C)(=O)=O)c(OC)c1. The van der Waals surface area contributed by atoms with Gasteiger partial charge in [0, 0.05) is 24.1 Å². The molecule has 0 aliphatic heterocycles. The van der Waals surface area contributed by atoms with Crippen LogP contribution in [-0.4, -0.2) is 53.6 Å². The molecule has 2 aromatic carbocycles. The van der Waals surface area contributed by atoms with E-state index in [4.69, 9.17) is 9.47 Å². The predicted molar refractivity (Wildman–Crippen MR) is 117 cm³/mol. The molecule has 0 saturated carbocycles. The normalized spacial score (nSPS) is 11.0. The summed E-state index contributed by atoms with van der Waals surface area (Å²) in [5.41, 5.74) is 1.50. The minimum absolute atomic E-state index is 0.282. The predicted octanol–water partition coefficient (Wildman–Crippen LogP) is 2.52. The zero-order valence-electron chi connectivity index (χ0n) is 16.8. The number of methoxy groups -OCH3 is 2. The third kappa shape index (κ3) is 7.17. The molecule has 2 aromatic rings. The third-order valence-corrected chi connectivity index (χ3v) is 6.18. The quantitative estimate of drug-likeness (QED) is 0.543. The molecule has 0 aliphatic carbocycles. The van der Waals surface area contributed by atoms with Crippen molar-refractivity contribution in [2.24, 2.45) is 0 Å². The van der Waals surface area contributed by atoms with E-state index in [-0.39, 0.29) is 18.1 Å². The van der Waals surface area contributed by atoms with Crippen molar-refractivity contribution in [3.8, 4) is 11.5 Å². The molecule has 0 aromatic heterocycles. The van der Waals surface area contributed by atoms with E-state index in [2.05, 4.69) is 17.4 Å². The fraction of sp³-hybridized carbons (Fsp3) is 0.350. The van der Waals surface area contributed by atoms with Gasteiger partial charge in [-0.05, 0) is 17.7 Å². The van der Waals surface area contributed by atoms with Crippen LogP contribution in [0.5, 0.6) is 11.5 Å². The molecule has 0 spiro atoms. The van der Waals surface area contributed by atoms with Crippen LogP contribution < -0.4 is 19.1 Å². The smallest absolute Gasteiger partial charge is 0.240 e. The van der Waals surface area contributed by atoms with Gasteiger partial charge in [-0.25, -0.2) is 8.42 Å². The van der Waals surface area contributed by atoms with Crippen LogP contribution in [0.15, 0.2) is 48.5 Å². The highest BCUT2D eigenvalue weighted by atomic mass is 32.2. The zero-order valence-corrected chi connectivity index (χ0v) is 18.4. The summed E-state index contributed by atoms with van der Waals surface area (Å²) in [5.74, 6) is 2.04. The minimum atomic E-state index is -3.69. The molecule has 1 N–H and O–H groups in total. The topological polar surface area (TPSA) is 84.9 Å². The highest BCUT2D eigenvalue weighted by Crippen LogP contribution is 2.33. The number of hydrogen-bond donors (Lipinski definition) is 1. The summed E-state index contributed by atoms with van der Waals surface area (Å²) in [6, 6.07) is 14.8. The number of anilines is 1. The lowest BCUT2D eigenvalue weighted by atomic mass is 10.2. The fourth-order valence-electron chi connectivity index (χ4n) is 2.59. The first-order chi connectivity index (χ1) is 13.8. The Morgan fingerprint density at radius 3 is 2.45 bits per heavy atom. The van der Waals surface area contributed by atoms with Gasteiger partial charge < -0.3 is 14.8 Å². The largest absolute Gasteiger partial charge is 0.497 e. The Morgan fingerprint density at radius 1 is 1.10 bits per heavy atom. The Kier molecular flexibility index (Phi) is 8.66. The Bertz CT molecular complexity index is 904. The van der Waals surface area contributed by atoms with Crippen LogP contribution in [-0.2, 0) is 20.6 Å². The lowest BCUT2D eigenvalue weighted by molar-refractivity contribution is -0.119. The second-order valence-corrected chi connectivity index (χ2v) is 9.21. The van der Waals surface area contributed by atoms with Gasteiger partial charge in [0.15, 0.2) is 0 Å². The highest BCUT2D eigenvalue weighted by molar-refractivity contribution is 7.98. The first-order valence-corrected chi connectivity index (χ1v) is 11.9. The van der Waals surface area contributed by atoms with Crippen molar-refractivity contribution >= 4 is 33.4 Å². The fourth-order valence-corrected chi connectivity index (χ4v) is 4.26. The summed E-state index contributed by atoms with van der Waals surface area (Å²) in [6.45, 7) is 0.124. The highest BCUT2D eigenvalue weighted by Gasteiger charge is 2.24. The molecule has 0 aliphatic rings. The van der Waals surface area contributed by atoms with Crippen LogP contribution in [0.25, 0.3) is 0 Å². The van der Waals surface area contributed by atoms with Crippen LogP contribution >= 0.6 is 11.8 Å². The second-order valence-electron chi connectivity index (χ2n) is 6.20. The molecule has 0 fully saturated rings. The van der Waals surface area contributed by atoms with Gasteiger partial charge in [0.2, 0.25) is 15.9 Å². The maximum absolute atomic E-state index is 12.3. The number of hydrogen-bond acceptors (Lipinski definition) is 6. The number of nitrogens with one attached hydrogen (secondary N) is 1. The van der Waals surface area contributed by atoms with Crippen LogP contribution in [0.4, 0.5) is 5.69 Å². The molecule has 158 valence electrons. The van der Waals surface area contributed by atoms with Gasteiger partial charge in [-0.15, -0.1) is 0 Å². The molecular weight excluding hydrogens is 412 g/mol. The number of carbonyl (C=O) groups excluding carboxylic acids is 1. The van der Waals surface area contributed by atoms with Crippen LogP contribution in [0.1, 0.15) is 5.56 Å². The standard InChI is InChI=1S/C20H26N2O5S2/c1-26-17-9-10-18(19(13-17)27-2)22(29(3,24)25)14-20(23)21-11-12-28-15-16-7-5-4-6-8-16/h4-10,13H,11-12,14-15H2,1-3H3,(H,21,23). The number of benzene rings is 2. The molecule has 1 amide bonds. The molecule has 7 nitrogen and oxygen atoms in total. The number of nitrogens with zero attached hydrogens (tertiary/aromatic N) is 1. The molecule has 0 bridgehead atoms. The molecule has 2 rings (SSSR count). The zero-order chi connectivity index (χ0) is 21.3. The minimum Gasteiger partial charge on any atom is -0.497 e.